The molecule has 5 rings (SSSR count). The van der Waals surface area contributed by atoms with Gasteiger partial charge in [-0.05, 0) is 54.5 Å². The molecule has 170 valence electrons. The minimum absolute atomic E-state index is 0. The van der Waals surface area contributed by atoms with Crippen molar-refractivity contribution in [1.29, 1.82) is 0 Å². The van der Waals surface area contributed by atoms with Crippen molar-refractivity contribution in [2.75, 3.05) is 7.11 Å². The van der Waals surface area contributed by atoms with Gasteiger partial charge >= 0.3 is 68.9 Å². The molecule has 0 aliphatic carbocycles. The molecule has 0 aliphatic rings. The van der Waals surface area contributed by atoms with Gasteiger partial charge in [0.2, 0.25) is 0 Å². The summed E-state index contributed by atoms with van der Waals surface area (Å²) >= 11 is 0. The van der Waals surface area contributed by atoms with Gasteiger partial charge in [-0.15, -0.1) is 6.54 Å². The fourth-order valence-electron chi connectivity index (χ4n) is 4.97. The summed E-state index contributed by atoms with van der Waals surface area (Å²) in [6.45, 7) is 11.2. The van der Waals surface area contributed by atoms with Gasteiger partial charge < -0.3 is 14.9 Å². The van der Waals surface area contributed by atoms with E-state index in [-0.39, 0.29) is 68.9 Å². The van der Waals surface area contributed by atoms with E-state index in [2.05, 4.69) is 98.5 Å². The van der Waals surface area contributed by atoms with Crippen LogP contribution >= 0.6 is 0 Å². The molecule has 0 bridgehead atoms. The Kier molecular flexibility index (Phi) is 9.51. The normalized spacial score (nSPS) is 10.9. The molecule has 1 heterocycles. The summed E-state index contributed by atoms with van der Waals surface area (Å²) in [6.07, 6.45) is 0. The number of benzene rings is 4. The van der Waals surface area contributed by atoms with Crippen LogP contribution in [0.15, 0.2) is 60.7 Å². The quantitative estimate of drug-likeness (QED) is 0.261. The first-order chi connectivity index (χ1) is 16.0. The molecule has 0 spiro atoms. The van der Waals surface area contributed by atoms with Crippen LogP contribution in [0.4, 0.5) is 0 Å². The van der Waals surface area contributed by atoms with Gasteiger partial charge in [-0.3, -0.25) is 0 Å². The largest absolute Gasteiger partial charge is 1.00 e. The molecule has 0 N–H and O–H groups in total. The minimum atomic E-state index is 0. The van der Waals surface area contributed by atoms with Gasteiger partial charge in [0.15, 0.2) is 0 Å². The van der Waals surface area contributed by atoms with Gasteiger partial charge in [0, 0.05) is 35.8 Å². The number of hydroxylamine groups is 1. The number of hydrogen-bond donors (Lipinski definition) is 0. The van der Waals surface area contributed by atoms with Crippen molar-refractivity contribution in [3.63, 3.8) is 0 Å². The van der Waals surface area contributed by atoms with Crippen molar-refractivity contribution in [3.05, 3.63) is 88.4 Å². The van der Waals surface area contributed by atoms with Crippen molar-refractivity contribution >= 4 is 32.6 Å². The fraction of sp³-hybridized carbons (Fsp3) is 0.267. The summed E-state index contributed by atoms with van der Waals surface area (Å²) in [5.41, 5.74) is 14.3. The second kappa shape index (κ2) is 11.8. The zero-order valence-electron chi connectivity index (χ0n) is 21.8. The van der Waals surface area contributed by atoms with Crippen molar-refractivity contribution < 1.29 is 73.7 Å². The third kappa shape index (κ3) is 4.93. The zero-order valence-corrected chi connectivity index (χ0v) is 28.1. The van der Waals surface area contributed by atoms with Gasteiger partial charge in [0.05, 0.1) is 5.52 Å². The number of nitrogens with zero attached hydrogens (tertiary/aromatic N) is 2. The molecule has 4 heteroatoms. The number of hydrogen-bond acceptors (Lipinski definition) is 1. The maximum Gasteiger partial charge on any atom is 1.00 e. The van der Waals surface area contributed by atoms with Crippen LogP contribution in [-0.2, 0) is 18.4 Å². The molecular formula is C30H33CsN2O. The first kappa shape index (κ1) is 27.5. The van der Waals surface area contributed by atoms with Gasteiger partial charge in [0.25, 0.3) is 0 Å². The Morgan fingerprint density at radius 3 is 2.09 bits per heavy atom. The van der Waals surface area contributed by atoms with E-state index in [0.29, 0.717) is 6.54 Å². The second-order valence-corrected chi connectivity index (χ2v) is 8.49. The Bertz CT molecular complexity index is 1470. The molecule has 5 aromatic rings. The van der Waals surface area contributed by atoms with Crippen LogP contribution in [0, 0.1) is 20.8 Å². The van der Waals surface area contributed by atoms with Gasteiger partial charge in [-0.25, -0.2) is 0 Å². The van der Waals surface area contributed by atoms with Crippen LogP contribution in [0.2, 0.25) is 0 Å². The molecule has 0 atom stereocenters. The number of rotatable bonds is 4. The van der Waals surface area contributed by atoms with E-state index in [0.717, 1.165) is 5.56 Å². The van der Waals surface area contributed by atoms with E-state index < -0.39 is 0 Å². The zero-order chi connectivity index (χ0) is 23.7. The Balaban J connectivity index is 0.00000105. The van der Waals surface area contributed by atoms with E-state index in [4.69, 9.17) is 4.84 Å². The van der Waals surface area contributed by atoms with Crippen molar-refractivity contribution in [1.82, 2.24) is 4.57 Å². The Morgan fingerprint density at radius 1 is 0.765 bits per heavy atom. The third-order valence-corrected chi connectivity index (χ3v) is 6.54. The number of fused-ring (bicyclic) bond motifs is 5. The molecule has 34 heavy (non-hydrogen) atoms. The summed E-state index contributed by atoms with van der Waals surface area (Å²) in [5.74, 6) is 0. The van der Waals surface area contributed by atoms with Crippen LogP contribution in [0.5, 0.6) is 0 Å². The maximum atomic E-state index is 4.90. The fourth-order valence-corrected chi connectivity index (χ4v) is 4.97. The summed E-state index contributed by atoms with van der Waals surface area (Å²) in [6, 6.07) is 22.4. The van der Waals surface area contributed by atoms with E-state index in [9.17, 15) is 0 Å². The smallest absolute Gasteiger partial charge is 0.531 e. The molecule has 0 radical (unpaired) electrons. The van der Waals surface area contributed by atoms with Crippen LogP contribution in [-0.4, -0.2) is 11.7 Å². The molecule has 0 unspecified atom stereocenters. The van der Waals surface area contributed by atoms with E-state index >= 15 is 0 Å². The predicted octanol–water partition coefficient (Wildman–Crippen LogP) is 5.54. The van der Waals surface area contributed by atoms with E-state index in [1.165, 1.54) is 60.4 Å². The van der Waals surface area contributed by atoms with Crippen molar-refractivity contribution in [3.8, 4) is 11.1 Å². The monoisotopic (exact) mass is 570 g/mol. The first-order valence-corrected chi connectivity index (χ1v) is 11.7. The molecule has 0 saturated carbocycles. The maximum absolute atomic E-state index is 4.90. The molecule has 1 aromatic heterocycles. The summed E-state index contributed by atoms with van der Waals surface area (Å²) in [7, 11) is 3.75. The SMILES string of the molecule is CC.CO[N-]Cc1ccc2c3ccc4c(C)c(-c5ccc(C)cc5C)ccc4c3n(C)c2c1.[Cs+]. The molecule has 0 aliphatic heterocycles. The number of aromatic nitrogens is 1. The van der Waals surface area contributed by atoms with Crippen molar-refractivity contribution in [2.45, 2.75) is 41.2 Å². The average molecular weight is 571 g/mol. The Morgan fingerprint density at radius 2 is 1.38 bits per heavy atom. The van der Waals surface area contributed by atoms with E-state index in [1.807, 2.05) is 13.8 Å². The van der Waals surface area contributed by atoms with Gasteiger partial charge in [0.1, 0.15) is 0 Å². The average Bonchev–Trinajstić information content (AvgIpc) is 3.11. The second-order valence-electron chi connectivity index (χ2n) is 8.49. The molecule has 0 amide bonds. The summed E-state index contributed by atoms with van der Waals surface area (Å²) < 4.78 is 2.32. The number of aryl methyl sites for hydroxylation is 4. The molecule has 0 saturated heterocycles. The first-order valence-electron chi connectivity index (χ1n) is 11.7. The van der Waals surface area contributed by atoms with Crippen LogP contribution < -0.4 is 68.9 Å². The molecule has 3 nitrogen and oxygen atoms in total. The van der Waals surface area contributed by atoms with Crippen LogP contribution in [0.25, 0.3) is 49.2 Å². The van der Waals surface area contributed by atoms with Gasteiger partial charge in [-0.2, -0.15) is 0 Å². The summed E-state index contributed by atoms with van der Waals surface area (Å²) in [4.78, 5) is 4.90. The Hall–Kier alpha value is -1.09. The Labute approximate surface area is 262 Å². The standard InChI is InChI=1S/C28H27N2O.C2H6.Cs/c1-17-6-8-21(18(2)14-17)22-10-12-25-23(19(22)3)11-13-26-24-9-7-20(16-29-31-5)15-27(24)30(4)28(25)26;1-2;/h6-15H,16H2,1-5H3;1-2H3;/q-1;;+1. The van der Waals surface area contributed by atoms with Crippen molar-refractivity contribution in [2.24, 2.45) is 7.05 Å². The van der Waals surface area contributed by atoms with Crippen LogP contribution in [0.3, 0.4) is 0 Å². The third-order valence-electron chi connectivity index (χ3n) is 6.54. The summed E-state index contributed by atoms with van der Waals surface area (Å²) in [5, 5.41) is 5.17. The van der Waals surface area contributed by atoms with Gasteiger partial charge in [-0.1, -0.05) is 79.6 Å². The van der Waals surface area contributed by atoms with E-state index in [1.54, 1.807) is 7.11 Å². The topological polar surface area (TPSA) is 28.3 Å². The predicted molar refractivity (Wildman–Crippen MR) is 143 cm³/mol. The van der Waals surface area contributed by atoms with Crippen LogP contribution in [0.1, 0.15) is 36.1 Å². The molecular weight excluding hydrogens is 537 g/mol. The minimum Gasteiger partial charge on any atom is -0.531 e. The molecule has 4 aromatic carbocycles. The molecule has 0 fully saturated rings.